The molecule has 3 heterocycles. The van der Waals surface area contributed by atoms with E-state index < -0.39 is 58.6 Å². The second kappa shape index (κ2) is 13.6. The number of nitrogens with zero attached hydrogens (tertiary/aromatic N) is 4. The van der Waals surface area contributed by atoms with Crippen molar-refractivity contribution in [3.63, 3.8) is 0 Å². The van der Waals surface area contributed by atoms with E-state index in [1.807, 2.05) is 13.8 Å². The van der Waals surface area contributed by atoms with Crippen LogP contribution in [0.1, 0.15) is 32.3 Å². The molecule has 2 N–H and O–H groups in total. The van der Waals surface area contributed by atoms with Crippen molar-refractivity contribution in [3.8, 4) is 0 Å². The van der Waals surface area contributed by atoms with Crippen LogP contribution in [0.3, 0.4) is 0 Å². The van der Waals surface area contributed by atoms with Crippen molar-refractivity contribution < 1.29 is 32.7 Å². The van der Waals surface area contributed by atoms with Gasteiger partial charge in [-0.15, -0.1) is 0 Å². The predicted octanol–water partition coefficient (Wildman–Crippen LogP) is 3.54. The molecule has 248 valence electrons. The number of piperazine rings is 1. The van der Waals surface area contributed by atoms with Gasteiger partial charge in [0.1, 0.15) is 23.1 Å². The summed E-state index contributed by atoms with van der Waals surface area (Å²) in [4.78, 5) is 56.9. The third-order valence-electron chi connectivity index (χ3n) is 8.73. The first-order chi connectivity index (χ1) is 21.7. The maximum absolute atomic E-state index is 14.3. The van der Waals surface area contributed by atoms with E-state index in [9.17, 15) is 32.7 Å². The number of fused-ring (bicyclic) bond motifs is 1. The van der Waals surface area contributed by atoms with E-state index in [1.54, 1.807) is 29.2 Å². The summed E-state index contributed by atoms with van der Waals surface area (Å²) in [7, 11) is -4.41. The van der Waals surface area contributed by atoms with Gasteiger partial charge in [-0.1, -0.05) is 46.9 Å². The van der Waals surface area contributed by atoms with Crippen molar-refractivity contribution in [2.24, 2.45) is 5.92 Å². The maximum atomic E-state index is 14.3. The summed E-state index contributed by atoms with van der Waals surface area (Å²) in [5.74, 6) is -2.03. The van der Waals surface area contributed by atoms with Gasteiger partial charge in [0.2, 0.25) is 27.7 Å². The lowest BCUT2D eigenvalue weighted by molar-refractivity contribution is -0.169. The Morgan fingerprint density at radius 2 is 1.59 bits per heavy atom. The fourth-order valence-corrected chi connectivity index (χ4v) is 8.71. The van der Waals surface area contributed by atoms with E-state index in [4.69, 9.17) is 34.8 Å². The molecule has 3 fully saturated rings. The minimum Gasteiger partial charge on any atom is -0.465 e. The normalized spacial score (nSPS) is 23.1. The third kappa shape index (κ3) is 6.79. The van der Waals surface area contributed by atoms with Crippen LogP contribution in [0.15, 0.2) is 47.4 Å². The number of carbonyl (C=O) groups excluding carboxylic acids is 3. The van der Waals surface area contributed by atoms with Crippen LogP contribution in [0, 0.1) is 5.92 Å². The molecule has 3 atom stereocenters. The van der Waals surface area contributed by atoms with Gasteiger partial charge in [-0.25, -0.2) is 13.2 Å². The van der Waals surface area contributed by atoms with Crippen LogP contribution in [0.4, 0.5) is 4.79 Å². The molecule has 3 saturated heterocycles. The van der Waals surface area contributed by atoms with E-state index in [2.05, 4.69) is 5.32 Å². The molecule has 3 aliphatic heterocycles. The van der Waals surface area contributed by atoms with Crippen LogP contribution in [-0.2, 0) is 30.8 Å². The van der Waals surface area contributed by atoms with E-state index in [0.717, 1.165) is 4.31 Å². The van der Waals surface area contributed by atoms with Crippen molar-refractivity contribution in [2.75, 3.05) is 26.2 Å². The number of benzene rings is 2. The molecule has 0 aromatic heterocycles. The summed E-state index contributed by atoms with van der Waals surface area (Å²) in [5, 5.41) is 12.6. The number of rotatable bonds is 7. The summed E-state index contributed by atoms with van der Waals surface area (Å²) in [6.07, 6.45) is -1.62. The number of hydrogen-bond acceptors (Lipinski definition) is 6. The first-order valence-electron chi connectivity index (χ1n) is 14.8. The molecule has 0 aliphatic carbocycles. The molecule has 12 nitrogen and oxygen atoms in total. The van der Waals surface area contributed by atoms with Gasteiger partial charge in [-0.2, -0.15) is 4.31 Å². The highest BCUT2D eigenvalue weighted by Crippen LogP contribution is 2.35. The summed E-state index contributed by atoms with van der Waals surface area (Å²) in [6, 6.07) is 8.05. The van der Waals surface area contributed by atoms with Crippen LogP contribution >= 0.6 is 34.8 Å². The smallest absolute Gasteiger partial charge is 0.407 e. The molecule has 3 aliphatic rings. The van der Waals surface area contributed by atoms with E-state index in [0.29, 0.717) is 10.6 Å². The fraction of sp³-hybridized carbons (Fsp3) is 0.467. The van der Waals surface area contributed by atoms with E-state index >= 15 is 0 Å². The van der Waals surface area contributed by atoms with Gasteiger partial charge < -0.3 is 25.1 Å². The van der Waals surface area contributed by atoms with Crippen LogP contribution in [0.2, 0.25) is 15.1 Å². The second-order valence-electron chi connectivity index (χ2n) is 11.9. The van der Waals surface area contributed by atoms with Crippen LogP contribution in [-0.4, -0.2) is 107 Å². The largest absolute Gasteiger partial charge is 0.465 e. The molecule has 0 spiro atoms. The molecule has 0 saturated carbocycles. The average Bonchev–Trinajstić information content (AvgIpc) is 3.00. The highest BCUT2D eigenvalue weighted by Gasteiger charge is 2.54. The Morgan fingerprint density at radius 1 is 0.957 bits per heavy atom. The Bertz CT molecular complexity index is 1630. The van der Waals surface area contributed by atoms with Crippen LogP contribution in [0.25, 0.3) is 0 Å². The van der Waals surface area contributed by atoms with Crippen molar-refractivity contribution in [1.29, 1.82) is 0 Å². The molecule has 3 unspecified atom stereocenters. The van der Waals surface area contributed by atoms with Gasteiger partial charge in [0.15, 0.2) is 0 Å². The molecule has 2 aromatic rings. The number of likely N-dealkylation sites (tertiary alicyclic amines) is 1. The van der Waals surface area contributed by atoms with Gasteiger partial charge >= 0.3 is 6.09 Å². The summed E-state index contributed by atoms with van der Waals surface area (Å²) < 4.78 is 29.8. The van der Waals surface area contributed by atoms with Gasteiger partial charge in [-0.3, -0.25) is 14.4 Å². The number of carboxylic acid groups (broad SMARTS) is 1. The minimum absolute atomic E-state index is 0.0748. The molecule has 4 amide bonds. The number of halogens is 3. The molecule has 0 bridgehead atoms. The second-order valence-corrected chi connectivity index (χ2v) is 15.1. The summed E-state index contributed by atoms with van der Waals surface area (Å²) in [5.41, 5.74) is 0.700. The molecular weight excluding hydrogens is 681 g/mol. The Hall–Kier alpha value is -3.10. The summed E-state index contributed by atoms with van der Waals surface area (Å²) in [6.45, 7) is 3.42. The molecule has 2 aromatic carbocycles. The molecular formula is C30H34Cl3N5O7S. The first-order valence-corrected chi connectivity index (χ1v) is 17.4. The Kier molecular flexibility index (Phi) is 10.1. The van der Waals surface area contributed by atoms with Gasteiger partial charge in [0, 0.05) is 48.1 Å². The SMILES string of the molecule is CC(C)N1CC2N(C(=O)C(NC(=O)C3CCN(C(=O)O)CC3)CN2S(=O)(=O)c2ccc(Cl)cc2Cl)C(Cc2ccc(Cl)cc2)C1=O. The maximum Gasteiger partial charge on any atom is 0.407 e. The Labute approximate surface area is 282 Å². The number of carbonyl (C=O) groups is 4. The molecule has 46 heavy (non-hydrogen) atoms. The zero-order valence-corrected chi connectivity index (χ0v) is 28.2. The molecule has 5 rings (SSSR count). The number of piperidine rings is 1. The number of hydrogen-bond donors (Lipinski definition) is 2. The number of sulfonamides is 1. The molecule has 0 radical (unpaired) electrons. The lowest BCUT2D eigenvalue weighted by atomic mass is 9.94. The van der Waals surface area contributed by atoms with Crippen molar-refractivity contribution in [2.45, 2.75) is 62.3 Å². The Balaban J connectivity index is 1.54. The van der Waals surface area contributed by atoms with Gasteiger partial charge in [-0.05, 0) is 62.6 Å². The van der Waals surface area contributed by atoms with Gasteiger partial charge in [0.25, 0.3) is 0 Å². The van der Waals surface area contributed by atoms with Crippen molar-refractivity contribution in [1.82, 2.24) is 24.3 Å². The lowest BCUT2D eigenvalue weighted by Gasteiger charge is -2.54. The lowest BCUT2D eigenvalue weighted by Crippen LogP contribution is -2.76. The quantitative estimate of drug-likeness (QED) is 0.446. The monoisotopic (exact) mass is 713 g/mol. The van der Waals surface area contributed by atoms with E-state index in [1.165, 1.54) is 28.0 Å². The van der Waals surface area contributed by atoms with Crippen LogP contribution < -0.4 is 5.32 Å². The zero-order valence-electron chi connectivity index (χ0n) is 25.1. The molecule has 16 heteroatoms. The van der Waals surface area contributed by atoms with Crippen LogP contribution in [0.5, 0.6) is 0 Å². The van der Waals surface area contributed by atoms with E-state index in [-0.39, 0.29) is 65.8 Å². The van der Waals surface area contributed by atoms with Crippen molar-refractivity contribution in [3.05, 3.63) is 63.1 Å². The minimum atomic E-state index is -4.41. The number of nitrogens with one attached hydrogen (secondary N) is 1. The highest BCUT2D eigenvalue weighted by molar-refractivity contribution is 7.89. The Morgan fingerprint density at radius 3 is 2.17 bits per heavy atom. The zero-order chi connectivity index (χ0) is 33.5. The fourth-order valence-electron chi connectivity index (χ4n) is 6.26. The standard InChI is InChI=1S/C30H34Cl3N5O7S/c1-17(2)36-16-26-37(46(44,45)25-8-7-21(32)14-22(25)33)15-23(34-27(39)19-9-11-35(12-10-19)30(42)43)28(40)38(26)24(29(36)41)13-18-3-5-20(31)6-4-18/h3-8,14,17,19,23-24,26H,9-13,15-16H2,1-2H3,(H,34,39)(H,42,43). The first kappa shape index (κ1) is 34.2. The van der Waals surface area contributed by atoms with Gasteiger partial charge in [0.05, 0.1) is 11.6 Å². The predicted molar refractivity (Wildman–Crippen MR) is 171 cm³/mol. The third-order valence-corrected chi connectivity index (χ3v) is 11.6. The topological polar surface area (TPSA) is 148 Å². The average molecular weight is 715 g/mol. The highest BCUT2D eigenvalue weighted by atomic mass is 35.5. The van der Waals surface area contributed by atoms with Crippen molar-refractivity contribution >= 4 is 68.6 Å². The number of amides is 4. The summed E-state index contributed by atoms with van der Waals surface area (Å²) >= 11 is 18.5.